The SMILES string of the molecule is C1CNCCN(CCCC2COC2)C1. The molecule has 0 aromatic carbocycles. The second kappa shape index (κ2) is 5.69. The van der Waals surface area contributed by atoms with E-state index in [1.54, 1.807) is 0 Å². The first kappa shape index (κ1) is 10.4. The second-order valence-corrected chi connectivity index (χ2v) is 4.49. The standard InChI is InChI=1S/C11H22N2O/c1(3-11-9-14-10-11)6-13-7-2-4-12-5-8-13/h11-12H,1-10H2. The van der Waals surface area contributed by atoms with Crippen molar-refractivity contribution in [3.63, 3.8) is 0 Å². The molecule has 3 nitrogen and oxygen atoms in total. The van der Waals surface area contributed by atoms with E-state index >= 15 is 0 Å². The van der Waals surface area contributed by atoms with Gasteiger partial charge in [-0.25, -0.2) is 0 Å². The maximum absolute atomic E-state index is 5.17. The van der Waals surface area contributed by atoms with Crippen molar-refractivity contribution in [1.82, 2.24) is 10.2 Å². The number of hydrogen-bond acceptors (Lipinski definition) is 3. The van der Waals surface area contributed by atoms with Crippen molar-refractivity contribution in [2.45, 2.75) is 19.3 Å². The quantitative estimate of drug-likeness (QED) is 0.720. The number of rotatable bonds is 4. The van der Waals surface area contributed by atoms with E-state index in [1.807, 2.05) is 0 Å². The molecular weight excluding hydrogens is 176 g/mol. The van der Waals surface area contributed by atoms with Crippen LogP contribution >= 0.6 is 0 Å². The minimum absolute atomic E-state index is 0.875. The van der Waals surface area contributed by atoms with E-state index in [9.17, 15) is 0 Å². The van der Waals surface area contributed by atoms with Crippen LogP contribution in [0.25, 0.3) is 0 Å². The maximum Gasteiger partial charge on any atom is 0.0516 e. The molecule has 0 bridgehead atoms. The van der Waals surface area contributed by atoms with Crippen molar-refractivity contribution in [2.24, 2.45) is 5.92 Å². The van der Waals surface area contributed by atoms with Gasteiger partial charge in [0.05, 0.1) is 13.2 Å². The Kier molecular flexibility index (Phi) is 4.22. The Morgan fingerprint density at radius 3 is 2.93 bits per heavy atom. The Hall–Kier alpha value is -0.120. The number of hydrogen-bond donors (Lipinski definition) is 1. The number of nitrogens with zero attached hydrogens (tertiary/aromatic N) is 1. The first-order valence-corrected chi connectivity index (χ1v) is 5.96. The fourth-order valence-corrected chi connectivity index (χ4v) is 2.18. The molecule has 2 rings (SSSR count). The minimum atomic E-state index is 0.875. The molecule has 2 heterocycles. The van der Waals surface area contributed by atoms with Gasteiger partial charge in [-0.15, -0.1) is 0 Å². The average molecular weight is 198 g/mol. The molecule has 2 fully saturated rings. The summed E-state index contributed by atoms with van der Waals surface area (Å²) >= 11 is 0. The summed E-state index contributed by atoms with van der Waals surface area (Å²) in [6, 6.07) is 0. The fraction of sp³-hybridized carbons (Fsp3) is 1.00. The second-order valence-electron chi connectivity index (χ2n) is 4.49. The lowest BCUT2D eigenvalue weighted by Gasteiger charge is -2.27. The van der Waals surface area contributed by atoms with Crippen LogP contribution in [0.2, 0.25) is 0 Å². The lowest BCUT2D eigenvalue weighted by Crippen LogP contribution is -2.31. The van der Waals surface area contributed by atoms with E-state index in [1.165, 1.54) is 52.0 Å². The molecule has 0 aromatic rings. The first-order chi connectivity index (χ1) is 6.95. The molecule has 0 saturated carbocycles. The highest BCUT2D eigenvalue weighted by molar-refractivity contribution is 4.69. The Labute approximate surface area is 86.8 Å². The predicted octanol–water partition coefficient (Wildman–Crippen LogP) is 0.708. The smallest absolute Gasteiger partial charge is 0.0516 e. The van der Waals surface area contributed by atoms with Crippen LogP contribution in [0.1, 0.15) is 19.3 Å². The molecule has 3 heteroatoms. The predicted molar refractivity (Wildman–Crippen MR) is 57.5 cm³/mol. The molecule has 0 aromatic heterocycles. The van der Waals surface area contributed by atoms with Gasteiger partial charge in [-0.1, -0.05) is 0 Å². The van der Waals surface area contributed by atoms with Crippen LogP contribution in [-0.2, 0) is 4.74 Å². The molecule has 0 radical (unpaired) electrons. The van der Waals surface area contributed by atoms with E-state index in [-0.39, 0.29) is 0 Å². The largest absolute Gasteiger partial charge is 0.381 e. The van der Waals surface area contributed by atoms with Gasteiger partial charge in [-0.3, -0.25) is 0 Å². The number of nitrogens with one attached hydrogen (secondary N) is 1. The van der Waals surface area contributed by atoms with Crippen molar-refractivity contribution in [3.05, 3.63) is 0 Å². The van der Waals surface area contributed by atoms with E-state index in [2.05, 4.69) is 10.2 Å². The minimum Gasteiger partial charge on any atom is -0.381 e. The van der Waals surface area contributed by atoms with Crippen molar-refractivity contribution >= 4 is 0 Å². The Balaban J connectivity index is 1.54. The molecule has 0 spiro atoms. The van der Waals surface area contributed by atoms with Gasteiger partial charge < -0.3 is 15.0 Å². The molecular formula is C11H22N2O. The average Bonchev–Trinajstić information content (AvgIpc) is 2.37. The Bertz CT molecular complexity index is 151. The molecule has 0 aliphatic carbocycles. The van der Waals surface area contributed by atoms with Gasteiger partial charge in [0.2, 0.25) is 0 Å². The van der Waals surface area contributed by atoms with E-state index < -0.39 is 0 Å². The molecule has 0 unspecified atom stereocenters. The Morgan fingerprint density at radius 2 is 2.14 bits per heavy atom. The summed E-state index contributed by atoms with van der Waals surface area (Å²) in [4.78, 5) is 2.60. The zero-order valence-corrected chi connectivity index (χ0v) is 9.00. The van der Waals surface area contributed by atoms with Gasteiger partial charge in [0.1, 0.15) is 0 Å². The van der Waals surface area contributed by atoms with Crippen LogP contribution in [-0.4, -0.2) is 50.8 Å². The van der Waals surface area contributed by atoms with Gasteiger partial charge in [-0.2, -0.15) is 0 Å². The lowest BCUT2D eigenvalue weighted by atomic mass is 10.0. The summed E-state index contributed by atoms with van der Waals surface area (Å²) in [5.74, 6) is 0.875. The Morgan fingerprint density at radius 1 is 1.21 bits per heavy atom. The van der Waals surface area contributed by atoms with Crippen LogP contribution < -0.4 is 5.32 Å². The van der Waals surface area contributed by atoms with Gasteiger partial charge in [0.15, 0.2) is 0 Å². The topological polar surface area (TPSA) is 24.5 Å². The van der Waals surface area contributed by atoms with Crippen molar-refractivity contribution in [2.75, 3.05) is 45.9 Å². The van der Waals surface area contributed by atoms with E-state index in [0.717, 1.165) is 19.1 Å². The summed E-state index contributed by atoms with van der Waals surface area (Å²) < 4.78 is 5.17. The van der Waals surface area contributed by atoms with Crippen molar-refractivity contribution in [3.8, 4) is 0 Å². The third-order valence-corrected chi connectivity index (χ3v) is 3.23. The molecule has 2 saturated heterocycles. The maximum atomic E-state index is 5.17. The molecule has 0 atom stereocenters. The summed E-state index contributed by atoms with van der Waals surface area (Å²) in [5, 5.41) is 3.44. The van der Waals surface area contributed by atoms with E-state index in [0.29, 0.717) is 0 Å². The highest BCUT2D eigenvalue weighted by atomic mass is 16.5. The van der Waals surface area contributed by atoms with Crippen LogP contribution in [0.3, 0.4) is 0 Å². The van der Waals surface area contributed by atoms with Gasteiger partial charge in [0.25, 0.3) is 0 Å². The molecule has 1 N–H and O–H groups in total. The zero-order valence-electron chi connectivity index (χ0n) is 9.00. The van der Waals surface area contributed by atoms with Gasteiger partial charge >= 0.3 is 0 Å². The summed E-state index contributed by atoms with van der Waals surface area (Å²) in [7, 11) is 0. The van der Waals surface area contributed by atoms with Crippen LogP contribution in [0.5, 0.6) is 0 Å². The highest BCUT2D eigenvalue weighted by Gasteiger charge is 2.18. The third kappa shape index (κ3) is 3.23. The molecule has 82 valence electrons. The normalized spacial score (nSPS) is 25.7. The van der Waals surface area contributed by atoms with Crippen LogP contribution in [0.15, 0.2) is 0 Å². The van der Waals surface area contributed by atoms with Gasteiger partial charge in [0, 0.05) is 19.0 Å². The lowest BCUT2D eigenvalue weighted by molar-refractivity contribution is -0.0370. The highest BCUT2D eigenvalue weighted by Crippen LogP contribution is 2.16. The van der Waals surface area contributed by atoms with Crippen molar-refractivity contribution in [1.29, 1.82) is 0 Å². The van der Waals surface area contributed by atoms with Gasteiger partial charge in [-0.05, 0) is 38.9 Å². The third-order valence-electron chi connectivity index (χ3n) is 3.23. The van der Waals surface area contributed by atoms with Crippen LogP contribution in [0.4, 0.5) is 0 Å². The first-order valence-electron chi connectivity index (χ1n) is 5.96. The fourth-order valence-electron chi connectivity index (χ4n) is 2.18. The molecule has 2 aliphatic heterocycles. The zero-order chi connectivity index (χ0) is 9.64. The molecule has 0 amide bonds. The summed E-state index contributed by atoms with van der Waals surface area (Å²) in [6.07, 6.45) is 4.03. The number of ether oxygens (including phenoxy) is 1. The van der Waals surface area contributed by atoms with Crippen molar-refractivity contribution < 1.29 is 4.74 Å². The van der Waals surface area contributed by atoms with E-state index in [4.69, 9.17) is 4.74 Å². The van der Waals surface area contributed by atoms with Crippen LogP contribution in [0, 0.1) is 5.92 Å². The monoisotopic (exact) mass is 198 g/mol. The summed E-state index contributed by atoms with van der Waals surface area (Å²) in [6.45, 7) is 8.22. The molecule has 14 heavy (non-hydrogen) atoms. The summed E-state index contributed by atoms with van der Waals surface area (Å²) in [5.41, 5.74) is 0. The molecule has 2 aliphatic rings.